The van der Waals surface area contributed by atoms with Crippen LogP contribution in [0, 0.1) is 11.8 Å². The largest absolute Gasteiger partial charge is 0.336 e. The average molecular weight is 456 g/mol. The molecule has 33 heavy (non-hydrogen) atoms. The fourth-order valence-electron chi connectivity index (χ4n) is 5.37. The molecule has 3 heterocycles. The zero-order valence-electron chi connectivity index (χ0n) is 19.1. The molecule has 0 spiro atoms. The van der Waals surface area contributed by atoms with Gasteiger partial charge in [0.1, 0.15) is 5.78 Å². The number of pyridine rings is 1. The minimum Gasteiger partial charge on any atom is -0.330 e. The molecule has 0 unspecified atom stereocenters. The molecular formula is C25H33N3O5. The highest BCUT2D eigenvalue weighted by molar-refractivity contribution is 6.01. The van der Waals surface area contributed by atoms with Crippen LogP contribution >= 0.6 is 0 Å². The third kappa shape index (κ3) is 6.05. The number of carbonyl (C=O) groups excluding carboxylic acids is 4. The lowest BCUT2D eigenvalue weighted by Gasteiger charge is -2.27. The first-order valence-electron chi connectivity index (χ1n) is 12.2. The first kappa shape index (κ1) is 23.5. The van der Waals surface area contributed by atoms with Crippen LogP contribution in [0.4, 0.5) is 0 Å². The van der Waals surface area contributed by atoms with Crippen molar-refractivity contribution < 1.29 is 24.0 Å². The Morgan fingerprint density at radius 1 is 1.06 bits per heavy atom. The molecule has 1 aliphatic carbocycles. The molecule has 8 heteroatoms. The number of ketones is 1. The molecule has 3 fully saturated rings. The molecule has 2 saturated heterocycles. The van der Waals surface area contributed by atoms with Crippen LogP contribution in [-0.2, 0) is 24.0 Å². The van der Waals surface area contributed by atoms with Crippen molar-refractivity contribution in [2.75, 3.05) is 13.1 Å². The number of amides is 2. The van der Waals surface area contributed by atoms with Crippen molar-refractivity contribution in [1.29, 1.82) is 0 Å². The van der Waals surface area contributed by atoms with E-state index in [1.165, 1.54) is 12.0 Å². The van der Waals surface area contributed by atoms with Gasteiger partial charge in [0.05, 0.1) is 5.92 Å². The van der Waals surface area contributed by atoms with Crippen LogP contribution in [-0.4, -0.2) is 51.6 Å². The van der Waals surface area contributed by atoms with Crippen molar-refractivity contribution in [2.45, 2.75) is 76.7 Å². The van der Waals surface area contributed by atoms with E-state index in [1.807, 2.05) is 12.3 Å². The highest BCUT2D eigenvalue weighted by Crippen LogP contribution is 2.33. The third-order valence-corrected chi connectivity index (χ3v) is 7.22. The summed E-state index contributed by atoms with van der Waals surface area (Å²) in [6, 6.07) is 4.53. The van der Waals surface area contributed by atoms with Gasteiger partial charge < -0.3 is 4.84 Å². The summed E-state index contributed by atoms with van der Waals surface area (Å²) in [5.74, 6) is -1.12. The minimum absolute atomic E-state index is 0.100. The van der Waals surface area contributed by atoms with E-state index in [1.54, 1.807) is 6.20 Å². The van der Waals surface area contributed by atoms with Gasteiger partial charge in [-0.05, 0) is 75.6 Å². The summed E-state index contributed by atoms with van der Waals surface area (Å²) in [5, 5.41) is 0.622. The predicted octanol–water partition coefficient (Wildman–Crippen LogP) is 3.37. The summed E-state index contributed by atoms with van der Waals surface area (Å²) < 4.78 is 0. The maximum atomic E-state index is 12.6. The van der Waals surface area contributed by atoms with Crippen molar-refractivity contribution in [3.63, 3.8) is 0 Å². The summed E-state index contributed by atoms with van der Waals surface area (Å²) in [6.45, 7) is 2.00. The lowest BCUT2D eigenvalue weighted by atomic mass is 9.79. The Bertz CT molecular complexity index is 850. The number of hydrogen-bond acceptors (Lipinski definition) is 7. The zero-order chi connectivity index (χ0) is 23.2. The van der Waals surface area contributed by atoms with E-state index >= 15 is 0 Å². The second-order valence-electron chi connectivity index (χ2n) is 9.54. The van der Waals surface area contributed by atoms with Crippen LogP contribution in [0.5, 0.6) is 0 Å². The molecule has 2 amide bonds. The Balaban J connectivity index is 1.14. The lowest BCUT2D eigenvalue weighted by Crippen LogP contribution is -2.35. The van der Waals surface area contributed by atoms with Crippen molar-refractivity contribution in [1.82, 2.24) is 14.9 Å². The van der Waals surface area contributed by atoms with E-state index in [4.69, 9.17) is 4.84 Å². The van der Waals surface area contributed by atoms with E-state index in [-0.39, 0.29) is 18.8 Å². The molecule has 4 rings (SSSR count). The van der Waals surface area contributed by atoms with E-state index in [0.29, 0.717) is 48.5 Å². The Hall–Kier alpha value is -2.61. The van der Waals surface area contributed by atoms with Gasteiger partial charge in [0.2, 0.25) is 0 Å². The molecule has 2 aliphatic heterocycles. The van der Waals surface area contributed by atoms with Crippen molar-refractivity contribution in [3.8, 4) is 0 Å². The quantitative estimate of drug-likeness (QED) is 0.527. The Morgan fingerprint density at radius 2 is 1.82 bits per heavy atom. The molecule has 0 N–H and O–H groups in total. The van der Waals surface area contributed by atoms with Crippen molar-refractivity contribution >= 4 is 23.6 Å². The molecule has 3 aliphatic rings. The van der Waals surface area contributed by atoms with Gasteiger partial charge in [0.15, 0.2) is 0 Å². The number of Topliss-reactive ketones (excluding diaryl/α,β-unsaturated/α-hetero) is 1. The van der Waals surface area contributed by atoms with Crippen molar-refractivity contribution in [2.24, 2.45) is 11.8 Å². The van der Waals surface area contributed by atoms with Crippen LogP contribution in [0.2, 0.25) is 0 Å². The number of likely N-dealkylation sites (tertiary alicyclic amines) is 1. The smallest absolute Gasteiger partial charge is 0.330 e. The lowest BCUT2D eigenvalue weighted by molar-refractivity contribution is -0.201. The maximum Gasteiger partial charge on any atom is 0.336 e. The molecular weight excluding hydrogens is 422 g/mol. The van der Waals surface area contributed by atoms with Crippen LogP contribution in [0.25, 0.3) is 0 Å². The van der Waals surface area contributed by atoms with Gasteiger partial charge in [-0.25, -0.2) is 4.79 Å². The fourth-order valence-corrected chi connectivity index (χ4v) is 5.37. The number of aromatic nitrogens is 1. The number of nitrogens with zero attached hydrogens (tertiary/aromatic N) is 3. The number of hydroxylamine groups is 2. The molecule has 1 saturated carbocycles. The zero-order valence-corrected chi connectivity index (χ0v) is 19.1. The van der Waals surface area contributed by atoms with E-state index in [9.17, 15) is 19.2 Å². The second kappa shape index (κ2) is 11.0. The molecule has 1 aromatic rings. The number of imide groups is 1. The SMILES string of the molecule is O=C(CCCN1CCC[C@H]1c1cccnc1)CC1CCC(C(=O)ON2C(=O)CCC2=O)CC1. The minimum atomic E-state index is -0.503. The van der Waals surface area contributed by atoms with Crippen LogP contribution in [0.3, 0.4) is 0 Å². The number of rotatable bonds is 9. The van der Waals surface area contributed by atoms with Gasteiger partial charge >= 0.3 is 5.97 Å². The highest BCUT2D eigenvalue weighted by atomic mass is 16.7. The molecule has 0 radical (unpaired) electrons. The standard InChI is InChI=1S/C25H33N3O5/c29-21(5-2-14-27-15-3-6-22(27)20-4-1-13-26-17-20)16-18-7-9-19(10-8-18)25(32)33-28-23(30)11-12-24(28)31/h1,4,13,17-19,22H,2-3,5-12,14-16H2/t18?,19?,22-/m0/s1. The first-order chi connectivity index (χ1) is 16.0. The van der Waals surface area contributed by atoms with Gasteiger partial charge in [-0.3, -0.25) is 24.3 Å². The third-order valence-electron chi connectivity index (χ3n) is 7.22. The monoisotopic (exact) mass is 455 g/mol. The topological polar surface area (TPSA) is 96.9 Å². The van der Waals surface area contributed by atoms with Gasteiger partial charge in [-0.2, -0.15) is 0 Å². The molecule has 1 atom stereocenters. The maximum absolute atomic E-state index is 12.6. The molecule has 0 aromatic carbocycles. The van der Waals surface area contributed by atoms with Crippen LogP contribution in [0.15, 0.2) is 24.5 Å². The number of hydrogen-bond donors (Lipinski definition) is 0. The van der Waals surface area contributed by atoms with Crippen LogP contribution in [0.1, 0.15) is 82.2 Å². The summed E-state index contributed by atoms with van der Waals surface area (Å²) >= 11 is 0. The van der Waals surface area contributed by atoms with Gasteiger partial charge in [0.25, 0.3) is 11.8 Å². The predicted molar refractivity (Wildman–Crippen MR) is 119 cm³/mol. The fraction of sp³-hybridized carbons (Fsp3) is 0.640. The molecule has 1 aromatic heterocycles. The Labute approximate surface area is 194 Å². The van der Waals surface area contributed by atoms with Gasteiger partial charge in [-0.15, -0.1) is 5.06 Å². The average Bonchev–Trinajstić information content (AvgIpc) is 3.42. The van der Waals surface area contributed by atoms with Crippen LogP contribution < -0.4 is 0 Å². The molecule has 8 nitrogen and oxygen atoms in total. The van der Waals surface area contributed by atoms with E-state index < -0.39 is 17.8 Å². The van der Waals surface area contributed by atoms with E-state index in [0.717, 1.165) is 38.8 Å². The van der Waals surface area contributed by atoms with E-state index in [2.05, 4.69) is 16.0 Å². The van der Waals surface area contributed by atoms with Gasteiger partial charge in [-0.1, -0.05) is 6.07 Å². The summed E-state index contributed by atoms with van der Waals surface area (Å²) in [4.78, 5) is 59.9. The Kier molecular flexibility index (Phi) is 7.85. The summed E-state index contributed by atoms with van der Waals surface area (Å²) in [5.41, 5.74) is 1.26. The normalized spacial score (nSPS) is 26.1. The molecule has 0 bridgehead atoms. The highest BCUT2D eigenvalue weighted by Gasteiger charge is 2.36. The second-order valence-corrected chi connectivity index (χ2v) is 9.54. The summed E-state index contributed by atoms with van der Waals surface area (Å²) in [6.07, 6.45) is 11.2. The Morgan fingerprint density at radius 3 is 2.52 bits per heavy atom. The van der Waals surface area contributed by atoms with Crippen molar-refractivity contribution in [3.05, 3.63) is 30.1 Å². The number of carbonyl (C=O) groups is 4. The molecule has 178 valence electrons. The van der Waals surface area contributed by atoms with Gasteiger partial charge in [0, 0.05) is 44.1 Å². The summed E-state index contributed by atoms with van der Waals surface area (Å²) in [7, 11) is 0. The first-order valence-corrected chi connectivity index (χ1v) is 12.2.